The second-order valence-corrected chi connectivity index (χ2v) is 6.60. The minimum atomic E-state index is -0.348. The fourth-order valence-electron chi connectivity index (χ4n) is 2.95. The third kappa shape index (κ3) is 4.34. The summed E-state index contributed by atoms with van der Waals surface area (Å²) in [4.78, 5) is 37.0. The molecule has 0 aliphatic carbocycles. The van der Waals surface area contributed by atoms with Crippen molar-refractivity contribution in [2.75, 3.05) is 19.0 Å². The summed E-state index contributed by atoms with van der Waals surface area (Å²) in [5.41, 5.74) is 2.36. The van der Waals surface area contributed by atoms with Crippen molar-refractivity contribution in [2.45, 2.75) is 26.2 Å². The van der Waals surface area contributed by atoms with Gasteiger partial charge in [0.15, 0.2) is 0 Å². The van der Waals surface area contributed by atoms with Gasteiger partial charge in [-0.1, -0.05) is 12.1 Å². The number of hydrogen-bond donors (Lipinski definition) is 1. The molecule has 0 fully saturated rings. The van der Waals surface area contributed by atoms with E-state index in [2.05, 4.69) is 5.32 Å². The number of carbonyl (C=O) groups is 3. The average molecular weight is 366 g/mol. The Labute approximate surface area is 158 Å². The number of hydrogen-bond acceptors (Lipinski definition) is 4. The smallest absolute Gasteiger partial charge is 0.261 e. The zero-order valence-electron chi connectivity index (χ0n) is 15.5. The van der Waals surface area contributed by atoms with Gasteiger partial charge in [-0.15, -0.1) is 0 Å². The Kier molecular flexibility index (Phi) is 5.54. The summed E-state index contributed by atoms with van der Waals surface area (Å²) in [5.74, 6) is 0.0401. The molecule has 0 atom stereocenters. The normalized spacial score (nSPS) is 12.9. The van der Waals surface area contributed by atoms with Gasteiger partial charge in [0.05, 0.1) is 17.7 Å². The van der Waals surface area contributed by atoms with Gasteiger partial charge in [0.2, 0.25) is 5.91 Å². The molecule has 6 nitrogen and oxygen atoms in total. The van der Waals surface area contributed by atoms with Crippen LogP contribution in [0, 0.1) is 6.92 Å². The number of nitrogens with zero attached hydrogens (tertiary/aromatic N) is 1. The van der Waals surface area contributed by atoms with Crippen LogP contribution in [-0.2, 0) is 4.79 Å². The lowest BCUT2D eigenvalue weighted by molar-refractivity contribution is -0.116. The van der Waals surface area contributed by atoms with E-state index in [9.17, 15) is 14.4 Å². The highest BCUT2D eigenvalue weighted by atomic mass is 16.5. The van der Waals surface area contributed by atoms with E-state index in [1.165, 1.54) is 7.05 Å². The Morgan fingerprint density at radius 1 is 1.04 bits per heavy atom. The highest BCUT2D eigenvalue weighted by Crippen LogP contribution is 2.24. The van der Waals surface area contributed by atoms with Gasteiger partial charge in [-0.3, -0.25) is 19.3 Å². The molecule has 2 aromatic carbocycles. The SMILES string of the molecule is Cc1cccc(OCCCCC(=O)Nc2ccc3c(c2)C(=O)N(C)C3=O)c1. The Balaban J connectivity index is 1.44. The van der Waals surface area contributed by atoms with Gasteiger partial charge >= 0.3 is 0 Å². The number of ether oxygens (including phenoxy) is 1. The molecule has 0 aromatic heterocycles. The van der Waals surface area contributed by atoms with Crippen LogP contribution in [-0.4, -0.2) is 36.3 Å². The molecule has 1 aliphatic rings. The largest absolute Gasteiger partial charge is 0.494 e. The van der Waals surface area contributed by atoms with Crippen LogP contribution < -0.4 is 10.1 Å². The summed E-state index contributed by atoms with van der Waals surface area (Å²) in [6.07, 6.45) is 1.83. The minimum Gasteiger partial charge on any atom is -0.494 e. The molecule has 0 bridgehead atoms. The lowest BCUT2D eigenvalue weighted by Gasteiger charge is -2.08. The molecule has 0 unspecified atom stereocenters. The number of carbonyl (C=O) groups excluding carboxylic acids is 3. The number of unbranched alkanes of at least 4 members (excludes halogenated alkanes) is 1. The van der Waals surface area contributed by atoms with Gasteiger partial charge in [0.25, 0.3) is 11.8 Å². The fourth-order valence-corrected chi connectivity index (χ4v) is 2.95. The molecule has 0 saturated heterocycles. The van der Waals surface area contributed by atoms with Crippen LogP contribution in [0.4, 0.5) is 5.69 Å². The maximum Gasteiger partial charge on any atom is 0.261 e. The first-order chi connectivity index (χ1) is 13.0. The lowest BCUT2D eigenvalue weighted by Crippen LogP contribution is -2.24. The number of amides is 3. The zero-order chi connectivity index (χ0) is 19.4. The van der Waals surface area contributed by atoms with Crippen LogP contribution in [0.5, 0.6) is 5.75 Å². The van der Waals surface area contributed by atoms with Crippen LogP contribution in [0.2, 0.25) is 0 Å². The number of fused-ring (bicyclic) bond motifs is 1. The van der Waals surface area contributed by atoms with Gasteiger partial charge in [0, 0.05) is 19.2 Å². The van der Waals surface area contributed by atoms with Crippen molar-refractivity contribution in [3.8, 4) is 5.75 Å². The first kappa shape index (κ1) is 18.6. The maximum atomic E-state index is 12.1. The second kappa shape index (κ2) is 8.03. The predicted molar refractivity (Wildman–Crippen MR) is 102 cm³/mol. The summed E-state index contributed by atoms with van der Waals surface area (Å²) in [6, 6.07) is 12.6. The van der Waals surface area contributed by atoms with Gasteiger partial charge in [0.1, 0.15) is 5.75 Å². The molecule has 2 aromatic rings. The maximum absolute atomic E-state index is 12.1. The molecule has 0 saturated carbocycles. The van der Waals surface area contributed by atoms with Crippen LogP contribution in [0.15, 0.2) is 42.5 Å². The Morgan fingerprint density at radius 3 is 2.59 bits per heavy atom. The van der Waals surface area contributed by atoms with E-state index in [4.69, 9.17) is 4.74 Å². The summed E-state index contributed by atoms with van der Waals surface area (Å²) in [6.45, 7) is 2.57. The number of rotatable bonds is 7. The summed E-state index contributed by atoms with van der Waals surface area (Å²) < 4.78 is 5.66. The Morgan fingerprint density at radius 2 is 1.81 bits per heavy atom. The standard InChI is InChI=1S/C21H22N2O4/c1-14-6-5-7-16(12-14)27-11-4-3-8-19(24)22-15-9-10-17-18(13-15)21(26)23(2)20(17)25/h5-7,9-10,12-13H,3-4,8,11H2,1-2H3,(H,22,24). The van der Waals surface area contributed by atoms with Crippen molar-refractivity contribution < 1.29 is 19.1 Å². The molecule has 27 heavy (non-hydrogen) atoms. The topological polar surface area (TPSA) is 75.7 Å². The van der Waals surface area contributed by atoms with E-state index < -0.39 is 0 Å². The molecule has 0 radical (unpaired) electrons. The van der Waals surface area contributed by atoms with Crippen LogP contribution in [0.25, 0.3) is 0 Å². The number of benzene rings is 2. The summed E-state index contributed by atoms with van der Waals surface area (Å²) in [7, 11) is 1.45. The molecule has 3 amide bonds. The van der Waals surface area contributed by atoms with E-state index in [1.807, 2.05) is 31.2 Å². The average Bonchev–Trinajstić information content (AvgIpc) is 2.86. The number of aryl methyl sites for hydroxylation is 1. The molecular formula is C21H22N2O4. The highest BCUT2D eigenvalue weighted by Gasteiger charge is 2.32. The van der Waals surface area contributed by atoms with Crippen molar-refractivity contribution in [3.63, 3.8) is 0 Å². The van der Waals surface area contributed by atoms with Gasteiger partial charge in [-0.25, -0.2) is 0 Å². The van der Waals surface area contributed by atoms with Crippen LogP contribution in [0.1, 0.15) is 45.5 Å². The van der Waals surface area contributed by atoms with Crippen LogP contribution in [0.3, 0.4) is 0 Å². The third-order valence-electron chi connectivity index (χ3n) is 4.43. The highest BCUT2D eigenvalue weighted by molar-refractivity contribution is 6.21. The summed E-state index contributed by atoms with van der Waals surface area (Å²) >= 11 is 0. The van der Waals surface area contributed by atoms with E-state index >= 15 is 0 Å². The monoisotopic (exact) mass is 366 g/mol. The van der Waals surface area contributed by atoms with E-state index in [1.54, 1.807) is 18.2 Å². The molecule has 3 rings (SSSR count). The molecule has 1 aliphatic heterocycles. The third-order valence-corrected chi connectivity index (χ3v) is 4.43. The van der Waals surface area contributed by atoms with Crippen LogP contribution >= 0.6 is 0 Å². The number of nitrogens with one attached hydrogen (secondary N) is 1. The number of anilines is 1. The molecule has 0 spiro atoms. The predicted octanol–water partition coefficient (Wildman–Crippen LogP) is 3.41. The molecular weight excluding hydrogens is 344 g/mol. The molecule has 1 N–H and O–H groups in total. The Bertz CT molecular complexity index is 892. The molecule has 1 heterocycles. The van der Waals surface area contributed by atoms with Crippen molar-refractivity contribution in [3.05, 3.63) is 59.2 Å². The fraction of sp³-hybridized carbons (Fsp3) is 0.286. The van der Waals surface area contributed by atoms with E-state index in [0.717, 1.165) is 22.6 Å². The van der Waals surface area contributed by atoms with Crippen molar-refractivity contribution >= 4 is 23.4 Å². The first-order valence-corrected chi connectivity index (χ1v) is 8.91. The van der Waals surface area contributed by atoms with E-state index in [0.29, 0.717) is 36.3 Å². The first-order valence-electron chi connectivity index (χ1n) is 8.91. The lowest BCUT2D eigenvalue weighted by atomic mass is 10.1. The summed E-state index contributed by atoms with van der Waals surface area (Å²) in [5, 5.41) is 2.78. The van der Waals surface area contributed by atoms with Crippen molar-refractivity contribution in [1.82, 2.24) is 4.90 Å². The minimum absolute atomic E-state index is 0.129. The zero-order valence-corrected chi connectivity index (χ0v) is 15.5. The van der Waals surface area contributed by atoms with Gasteiger partial charge in [-0.2, -0.15) is 0 Å². The van der Waals surface area contributed by atoms with Gasteiger partial charge in [-0.05, 0) is 55.7 Å². The van der Waals surface area contributed by atoms with Crippen molar-refractivity contribution in [2.24, 2.45) is 0 Å². The Hall–Kier alpha value is -3.15. The molecule has 140 valence electrons. The quantitative estimate of drug-likeness (QED) is 0.602. The molecule has 6 heteroatoms. The second-order valence-electron chi connectivity index (χ2n) is 6.60. The number of imide groups is 1. The van der Waals surface area contributed by atoms with Crippen molar-refractivity contribution in [1.29, 1.82) is 0 Å². The van der Waals surface area contributed by atoms with Gasteiger partial charge < -0.3 is 10.1 Å². The van der Waals surface area contributed by atoms with E-state index in [-0.39, 0.29) is 17.7 Å².